The molecule has 1 N–H and O–H groups in total. The van der Waals surface area contributed by atoms with Crippen LogP contribution in [-0.4, -0.2) is 30.8 Å². The van der Waals surface area contributed by atoms with Crippen molar-refractivity contribution < 1.29 is 9.47 Å². The summed E-state index contributed by atoms with van der Waals surface area (Å²) >= 11 is 0. The summed E-state index contributed by atoms with van der Waals surface area (Å²) in [5.74, 6) is 0.808. The van der Waals surface area contributed by atoms with E-state index >= 15 is 0 Å². The van der Waals surface area contributed by atoms with Crippen molar-refractivity contribution >= 4 is 0 Å². The molecule has 0 saturated heterocycles. The Balaban J connectivity index is 3.12. The molecule has 0 spiro atoms. The first-order chi connectivity index (χ1) is 9.67. The second-order valence-corrected chi connectivity index (χ2v) is 4.81. The van der Waals surface area contributed by atoms with Gasteiger partial charge in [0.1, 0.15) is 5.75 Å². The minimum absolute atomic E-state index is 0.102. The summed E-state index contributed by atoms with van der Waals surface area (Å²) in [6.45, 7) is 9.71. The molecule has 0 aliphatic heterocycles. The Morgan fingerprint density at radius 3 is 2.35 bits per heavy atom. The summed E-state index contributed by atoms with van der Waals surface area (Å²) in [5, 5.41) is 3.39. The highest BCUT2D eigenvalue weighted by Crippen LogP contribution is 2.35. The zero-order chi connectivity index (χ0) is 15.0. The maximum atomic E-state index is 6.10. The normalized spacial score (nSPS) is 13.2. The standard InChI is InChI=1S/C16H28N2O2/c1-6-16(7-2,20-9-4)15(17-5)13-10-14(19-8-3)12-18-11-13/h10-12,15,17H,6-9H2,1-5H3. The molecule has 4 heteroatoms. The van der Waals surface area contributed by atoms with Crippen LogP contribution in [-0.2, 0) is 4.74 Å². The molecule has 0 radical (unpaired) electrons. The molecule has 114 valence electrons. The molecule has 0 fully saturated rings. The van der Waals surface area contributed by atoms with Crippen molar-refractivity contribution in [1.29, 1.82) is 0 Å². The highest BCUT2D eigenvalue weighted by molar-refractivity contribution is 5.28. The van der Waals surface area contributed by atoms with Gasteiger partial charge < -0.3 is 14.8 Å². The van der Waals surface area contributed by atoms with Gasteiger partial charge in [-0.25, -0.2) is 0 Å². The monoisotopic (exact) mass is 280 g/mol. The number of ether oxygens (including phenoxy) is 2. The molecule has 0 aliphatic rings. The fraction of sp³-hybridized carbons (Fsp3) is 0.688. The van der Waals surface area contributed by atoms with Crippen LogP contribution in [0.2, 0.25) is 0 Å². The summed E-state index contributed by atoms with van der Waals surface area (Å²) in [7, 11) is 1.97. The van der Waals surface area contributed by atoms with Crippen LogP contribution < -0.4 is 10.1 Å². The van der Waals surface area contributed by atoms with Crippen molar-refractivity contribution in [1.82, 2.24) is 10.3 Å². The lowest BCUT2D eigenvalue weighted by molar-refractivity contribution is -0.0718. The summed E-state index contributed by atoms with van der Waals surface area (Å²) < 4.78 is 11.7. The van der Waals surface area contributed by atoms with Gasteiger partial charge in [0.05, 0.1) is 24.4 Å². The third-order valence-corrected chi connectivity index (χ3v) is 3.82. The molecule has 4 nitrogen and oxygen atoms in total. The van der Waals surface area contributed by atoms with Gasteiger partial charge in [0.2, 0.25) is 0 Å². The van der Waals surface area contributed by atoms with Crippen molar-refractivity contribution in [3.05, 3.63) is 24.0 Å². The van der Waals surface area contributed by atoms with Crippen LogP contribution in [0.25, 0.3) is 0 Å². The summed E-state index contributed by atoms with van der Waals surface area (Å²) in [6, 6.07) is 2.15. The van der Waals surface area contributed by atoms with Crippen LogP contribution in [0.5, 0.6) is 5.75 Å². The Hall–Kier alpha value is -1.13. The first kappa shape index (κ1) is 16.9. The van der Waals surface area contributed by atoms with E-state index in [1.807, 2.05) is 27.1 Å². The molecule has 1 aromatic heterocycles. The van der Waals surface area contributed by atoms with Crippen molar-refractivity contribution in [2.75, 3.05) is 20.3 Å². The number of hydrogen-bond donors (Lipinski definition) is 1. The fourth-order valence-electron chi connectivity index (χ4n) is 2.81. The van der Waals surface area contributed by atoms with Crippen molar-refractivity contribution in [2.45, 2.75) is 52.2 Å². The number of aromatic nitrogens is 1. The fourth-order valence-corrected chi connectivity index (χ4v) is 2.81. The Bertz CT molecular complexity index is 392. The number of rotatable bonds is 9. The van der Waals surface area contributed by atoms with Crippen molar-refractivity contribution in [2.24, 2.45) is 0 Å². The SMILES string of the molecule is CCOc1cncc(C(NC)C(CC)(CC)OCC)c1. The van der Waals surface area contributed by atoms with E-state index in [2.05, 4.69) is 30.2 Å². The minimum atomic E-state index is -0.212. The minimum Gasteiger partial charge on any atom is -0.492 e. The first-order valence-corrected chi connectivity index (χ1v) is 7.56. The van der Waals surface area contributed by atoms with E-state index in [0.717, 1.165) is 24.2 Å². The average molecular weight is 280 g/mol. The Labute approximate surface area is 122 Å². The van der Waals surface area contributed by atoms with E-state index in [1.165, 1.54) is 0 Å². The van der Waals surface area contributed by atoms with Crippen LogP contribution >= 0.6 is 0 Å². The number of pyridine rings is 1. The quantitative estimate of drug-likeness (QED) is 0.753. The molecular formula is C16H28N2O2. The Morgan fingerprint density at radius 2 is 1.85 bits per heavy atom. The number of nitrogens with one attached hydrogen (secondary N) is 1. The van der Waals surface area contributed by atoms with Crippen LogP contribution in [0, 0.1) is 0 Å². The molecule has 0 aliphatic carbocycles. The summed E-state index contributed by atoms with van der Waals surface area (Å²) in [6.07, 6.45) is 5.53. The van der Waals surface area contributed by atoms with Crippen molar-refractivity contribution in [3.8, 4) is 5.75 Å². The molecule has 1 atom stereocenters. The molecule has 0 amide bonds. The van der Waals surface area contributed by atoms with Gasteiger partial charge in [-0.2, -0.15) is 0 Å². The van der Waals surface area contributed by atoms with Gasteiger partial charge in [-0.3, -0.25) is 4.98 Å². The van der Waals surface area contributed by atoms with E-state index in [9.17, 15) is 0 Å². The third kappa shape index (κ3) is 3.70. The lowest BCUT2D eigenvalue weighted by atomic mass is 9.84. The van der Waals surface area contributed by atoms with Gasteiger partial charge in [0, 0.05) is 12.8 Å². The van der Waals surface area contributed by atoms with Crippen LogP contribution in [0.4, 0.5) is 0 Å². The second kappa shape index (κ2) is 8.22. The predicted octanol–water partition coefficient (Wildman–Crippen LogP) is 3.34. The number of likely N-dealkylation sites (N-methyl/N-ethyl adjacent to an activating group) is 1. The summed E-state index contributed by atoms with van der Waals surface area (Å²) in [4.78, 5) is 4.29. The molecule has 0 saturated carbocycles. The predicted molar refractivity (Wildman–Crippen MR) is 82.1 cm³/mol. The molecule has 0 bridgehead atoms. The molecule has 20 heavy (non-hydrogen) atoms. The van der Waals surface area contributed by atoms with Gasteiger partial charge in [0.25, 0.3) is 0 Å². The summed E-state index contributed by atoms with van der Waals surface area (Å²) in [5.41, 5.74) is 0.895. The average Bonchev–Trinajstić information content (AvgIpc) is 2.48. The number of nitrogens with zero attached hydrogens (tertiary/aromatic N) is 1. The van der Waals surface area contributed by atoms with Gasteiger partial charge in [-0.15, -0.1) is 0 Å². The smallest absolute Gasteiger partial charge is 0.137 e. The van der Waals surface area contributed by atoms with Gasteiger partial charge in [0.15, 0.2) is 0 Å². The molecule has 1 unspecified atom stereocenters. The van der Waals surface area contributed by atoms with Gasteiger partial charge in [-0.05, 0) is 45.4 Å². The topological polar surface area (TPSA) is 43.4 Å². The first-order valence-electron chi connectivity index (χ1n) is 7.56. The lowest BCUT2D eigenvalue weighted by Crippen LogP contribution is -2.44. The van der Waals surface area contributed by atoms with Crippen LogP contribution in [0.1, 0.15) is 52.1 Å². The van der Waals surface area contributed by atoms with Crippen LogP contribution in [0.3, 0.4) is 0 Å². The molecule has 1 rings (SSSR count). The largest absolute Gasteiger partial charge is 0.492 e. The van der Waals surface area contributed by atoms with E-state index in [4.69, 9.17) is 9.47 Å². The van der Waals surface area contributed by atoms with E-state index in [0.29, 0.717) is 13.2 Å². The lowest BCUT2D eigenvalue weighted by Gasteiger charge is -2.39. The maximum Gasteiger partial charge on any atom is 0.137 e. The van der Waals surface area contributed by atoms with E-state index < -0.39 is 0 Å². The molecular weight excluding hydrogens is 252 g/mol. The highest BCUT2D eigenvalue weighted by atomic mass is 16.5. The van der Waals surface area contributed by atoms with Crippen molar-refractivity contribution in [3.63, 3.8) is 0 Å². The molecule has 0 aromatic carbocycles. The second-order valence-electron chi connectivity index (χ2n) is 4.81. The Morgan fingerprint density at radius 1 is 1.15 bits per heavy atom. The molecule has 1 aromatic rings. The maximum absolute atomic E-state index is 6.10. The molecule has 1 heterocycles. The Kier molecular flexibility index (Phi) is 6.96. The van der Waals surface area contributed by atoms with E-state index in [1.54, 1.807) is 6.20 Å². The zero-order valence-corrected chi connectivity index (χ0v) is 13.4. The highest BCUT2D eigenvalue weighted by Gasteiger charge is 2.37. The third-order valence-electron chi connectivity index (χ3n) is 3.82. The zero-order valence-electron chi connectivity index (χ0n) is 13.4. The van der Waals surface area contributed by atoms with Crippen LogP contribution in [0.15, 0.2) is 18.5 Å². The van der Waals surface area contributed by atoms with Gasteiger partial charge in [-0.1, -0.05) is 13.8 Å². The number of hydrogen-bond acceptors (Lipinski definition) is 4. The van der Waals surface area contributed by atoms with E-state index in [-0.39, 0.29) is 11.6 Å². The van der Waals surface area contributed by atoms with Gasteiger partial charge >= 0.3 is 0 Å².